The van der Waals surface area contributed by atoms with Crippen LogP contribution < -0.4 is 4.74 Å². The lowest BCUT2D eigenvalue weighted by Crippen LogP contribution is -1.90. The zero-order valence-corrected chi connectivity index (χ0v) is 11.1. The Morgan fingerprint density at radius 1 is 1.18 bits per heavy atom. The second kappa shape index (κ2) is 5.52. The van der Waals surface area contributed by atoms with E-state index in [-0.39, 0.29) is 5.82 Å². The van der Waals surface area contributed by atoms with Gasteiger partial charge in [0.05, 0.1) is 5.88 Å². The molecular weight excluding hydrogens is 306 g/mol. The molecule has 2 rings (SSSR count). The summed E-state index contributed by atoms with van der Waals surface area (Å²) in [6, 6.07) is 11.5. The van der Waals surface area contributed by atoms with Crippen LogP contribution >= 0.6 is 27.5 Å². The summed E-state index contributed by atoms with van der Waals surface area (Å²) in [4.78, 5) is 0. The molecule has 0 aliphatic rings. The molecule has 0 amide bonds. The maximum Gasteiger partial charge on any atom is 0.131 e. The zero-order valence-electron chi connectivity index (χ0n) is 8.79. The molecule has 0 saturated carbocycles. The third-order valence-corrected chi connectivity index (χ3v) is 2.97. The van der Waals surface area contributed by atoms with Gasteiger partial charge in [0.1, 0.15) is 17.3 Å². The van der Waals surface area contributed by atoms with Crippen LogP contribution in [0.2, 0.25) is 0 Å². The van der Waals surface area contributed by atoms with Crippen molar-refractivity contribution in [2.45, 2.75) is 5.88 Å². The van der Waals surface area contributed by atoms with Crippen LogP contribution in [0.5, 0.6) is 11.5 Å². The lowest BCUT2D eigenvalue weighted by atomic mass is 10.2. The molecule has 1 nitrogen and oxygen atoms in total. The van der Waals surface area contributed by atoms with Crippen molar-refractivity contribution in [2.24, 2.45) is 0 Å². The maximum atomic E-state index is 13.0. The van der Waals surface area contributed by atoms with E-state index < -0.39 is 0 Å². The maximum absolute atomic E-state index is 13.0. The lowest BCUT2D eigenvalue weighted by Gasteiger charge is -2.09. The van der Waals surface area contributed by atoms with E-state index >= 15 is 0 Å². The van der Waals surface area contributed by atoms with Crippen molar-refractivity contribution in [1.29, 1.82) is 0 Å². The van der Waals surface area contributed by atoms with Crippen LogP contribution in [0.4, 0.5) is 4.39 Å². The van der Waals surface area contributed by atoms with Gasteiger partial charge in [0.25, 0.3) is 0 Å². The quantitative estimate of drug-likeness (QED) is 0.714. The van der Waals surface area contributed by atoms with Crippen molar-refractivity contribution < 1.29 is 9.13 Å². The van der Waals surface area contributed by atoms with E-state index in [1.165, 1.54) is 12.1 Å². The van der Waals surface area contributed by atoms with Crippen LogP contribution in [0.3, 0.4) is 0 Å². The average molecular weight is 316 g/mol. The molecule has 0 aliphatic carbocycles. The van der Waals surface area contributed by atoms with Crippen molar-refractivity contribution in [3.8, 4) is 11.5 Å². The third kappa shape index (κ3) is 3.20. The van der Waals surface area contributed by atoms with E-state index in [0.717, 1.165) is 10.0 Å². The normalized spacial score (nSPS) is 10.3. The Hall–Kier alpha value is -1.06. The third-order valence-electron chi connectivity index (χ3n) is 2.19. The standard InChI is InChI=1S/C13H9BrClFO/c14-10-4-5-13(9(6-10)8-15)17-12-3-1-2-11(16)7-12/h1-7H,8H2. The van der Waals surface area contributed by atoms with Crippen molar-refractivity contribution in [1.82, 2.24) is 0 Å². The Bertz CT molecular complexity index is 531. The molecule has 0 atom stereocenters. The van der Waals surface area contributed by atoms with Gasteiger partial charge in [-0.2, -0.15) is 0 Å². The minimum atomic E-state index is -0.327. The molecule has 0 saturated heterocycles. The van der Waals surface area contributed by atoms with Crippen LogP contribution in [-0.2, 0) is 5.88 Å². The fourth-order valence-electron chi connectivity index (χ4n) is 1.41. The Kier molecular flexibility index (Phi) is 4.02. The van der Waals surface area contributed by atoms with Crippen LogP contribution in [0.1, 0.15) is 5.56 Å². The molecule has 0 radical (unpaired) electrons. The van der Waals surface area contributed by atoms with E-state index in [2.05, 4.69) is 15.9 Å². The highest BCUT2D eigenvalue weighted by molar-refractivity contribution is 9.10. The van der Waals surface area contributed by atoms with Crippen LogP contribution in [-0.4, -0.2) is 0 Å². The molecule has 0 heterocycles. The zero-order chi connectivity index (χ0) is 12.3. The van der Waals surface area contributed by atoms with E-state index in [9.17, 15) is 4.39 Å². The van der Waals surface area contributed by atoms with Gasteiger partial charge in [-0.15, -0.1) is 11.6 Å². The molecule has 0 unspecified atom stereocenters. The Labute approximate surface area is 112 Å². The number of benzene rings is 2. The SMILES string of the molecule is Fc1cccc(Oc2ccc(Br)cc2CCl)c1. The Morgan fingerprint density at radius 2 is 2.00 bits per heavy atom. The van der Waals surface area contributed by atoms with Gasteiger partial charge in [-0.3, -0.25) is 0 Å². The second-order valence-corrected chi connectivity index (χ2v) is 4.63. The van der Waals surface area contributed by atoms with Crippen molar-refractivity contribution in [2.75, 3.05) is 0 Å². The molecule has 0 bridgehead atoms. The van der Waals surface area contributed by atoms with E-state index in [1.807, 2.05) is 12.1 Å². The molecule has 17 heavy (non-hydrogen) atoms. The first-order chi connectivity index (χ1) is 8.19. The van der Waals surface area contributed by atoms with Crippen LogP contribution in [0.15, 0.2) is 46.9 Å². The summed E-state index contributed by atoms with van der Waals surface area (Å²) < 4.78 is 19.5. The molecule has 2 aromatic carbocycles. The van der Waals surface area contributed by atoms with E-state index in [1.54, 1.807) is 18.2 Å². The summed E-state index contributed by atoms with van der Waals surface area (Å²) in [5, 5.41) is 0. The summed E-state index contributed by atoms with van der Waals surface area (Å²) in [6.45, 7) is 0. The first-order valence-corrected chi connectivity index (χ1v) is 6.29. The van der Waals surface area contributed by atoms with Crippen molar-refractivity contribution in [3.63, 3.8) is 0 Å². The number of rotatable bonds is 3. The van der Waals surface area contributed by atoms with Gasteiger partial charge in [0.15, 0.2) is 0 Å². The molecule has 88 valence electrons. The number of hydrogen-bond donors (Lipinski definition) is 0. The molecular formula is C13H9BrClFO. The number of alkyl halides is 1. The predicted octanol–water partition coefficient (Wildman–Crippen LogP) is 5.12. The summed E-state index contributed by atoms with van der Waals surface area (Å²) in [5.41, 5.74) is 0.852. The van der Waals surface area contributed by atoms with Gasteiger partial charge in [-0.25, -0.2) is 4.39 Å². The molecule has 0 fully saturated rings. The van der Waals surface area contributed by atoms with Crippen molar-refractivity contribution in [3.05, 3.63) is 58.3 Å². The summed E-state index contributed by atoms with van der Waals surface area (Å²) in [6.07, 6.45) is 0. The van der Waals surface area contributed by atoms with E-state index in [0.29, 0.717) is 17.4 Å². The fraction of sp³-hybridized carbons (Fsp3) is 0.0769. The highest BCUT2D eigenvalue weighted by Crippen LogP contribution is 2.29. The average Bonchev–Trinajstić information content (AvgIpc) is 2.31. The predicted molar refractivity (Wildman–Crippen MR) is 70.2 cm³/mol. The lowest BCUT2D eigenvalue weighted by molar-refractivity contribution is 0.472. The van der Waals surface area contributed by atoms with Crippen molar-refractivity contribution >= 4 is 27.5 Å². The van der Waals surface area contributed by atoms with Gasteiger partial charge in [-0.1, -0.05) is 22.0 Å². The highest BCUT2D eigenvalue weighted by atomic mass is 79.9. The first kappa shape index (κ1) is 12.4. The molecule has 0 spiro atoms. The minimum Gasteiger partial charge on any atom is -0.457 e. The first-order valence-electron chi connectivity index (χ1n) is 4.97. The molecule has 0 aliphatic heterocycles. The molecule has 4 heteroatoms. The van der Waals surface area contributed by atoms with Gasteiger partial charge in [0.2, 0.25) is 0 Å². The molecule has 0 N–H and O–H groups in total. The van der Waals surface area contributed by atoms with Crippen LogP contribution in [0.25, 0.3) is 0 Å². The number of ether oxygens (including phenoxy) is 1. The highest BCUT2D eigenvalue weighted by Gasteiger charge is 2.05. The smallest absolute Gasteiger partial charge is 0.131 e. The van der Waals surface area contributed by atoms with Gasteiger partial charge >= 0.3 is 0 Å². The van der Waals surface area contributed by atoms with Gasteiger partial charge < -0.3 is 4.74 Å². The summed E-state index contributed by atoms with van der Waals surface area (Å²) in [7, 11) is 0. The minimum absolute atomic E-state index is 0.327. The number of halogens is 3. The summed E-state index contributed by atoms with van der Waals surface area (Å²) in [5.74, 6) is 1.10. The largest absolute Gasteiger partial charge is 0.457 e. The number of hydrogen-bond acceptors (Lipinski definition) is 1. The topological polar surface area (TPSA) is 9.23 Å². The van der Waals surface area contributed by atoms with Gasteiger partial charge in [-0.05, 0) is 30.3 Å². The molecule has 2 aromatic rings. The van der Waals surface area contributed by atoms with Gasteiger partial charge in [0, 0.05) is 16.1 Å². The second-order valence-electron chi connectivity index (χ2n) is 3.45. The summed E-state index contributed by atoms with van der Waals surface area (Å²) >= 11 is 9.19. The Balaban J connectivity index is 2.29. The monoisotopic (exact) mass is 314 g/mol. The molecule has 0 aromatic heterocycles. The van der Waals surface area contributed by atoms with E-state index in [4.69, 9.17) is 16.3 Å². The van der Waals surface area contributed by atoms with Crippen LogP contribution in [0, 0.1) is 5.82 Å². The fourth-order valence-corrected chi connectivity index (χ4v) is 2.03. The Morgan fingerprint density at radius 3 is 2.71 bits per heavy atom.